The predicted octanol–water partition coefficient (Wildman–Crippen LogP) is 3.94. The van der Waals surface area contributed by atoms with Gasteiger partial charge in [0.1, 0.15) is 12.4 Å². The Morgan fingerprint density at radius 3 is 2.48 bits per heavy atom. The molecule has 0 aromatic heterocycles. The van der Waals surface area contributed by atoms with Crippen molar-refractivity contribution in [1.29, 1.82) is 0 Å². The number of halogens is 4. The van der Waals surface area contributed by atoms with Crippen LogP contribution in [0.4, 0.5) is 18.9 Å². The lowest BCUT2D eigenvalue weighted by molar-refractivity contribution is -0.137. The highest BCUT2D eigenvalue weighted by Crippen LogP contribution is 2.36. The minimum Gasteiger partial charge on any atom is -0.295 e. The molecule has 0 radical (unpaired) electrons. The molecule has 2 aromatic carbocycles. The van der Waals surface area contributed by atoms with E-state index in [4.69, 9.17) is 11.6 Å². The number of hydrogen-bond acceptors (Lipinski definition) is 4. The minimum absolute atomic E-state index is 0.0693. The van der Waals surface area contributed by atoms with Gasteiger partial charge in [0.25, 0.3) is 0 Å². The molecule has 0 bridgehead atoms. The van der Waals surface area contributed by atoms with E-state index >= 15 is 0 Å². The molecule has 1 heterocycles. The Bertz CT molecular complexity index is 1100. The fraction of sp³-hybridized carbons (Fsp3) is 0.263. The quantitative estimate of drug-likeness (QED) is 0.717. The van der Waals surface area contributed by atoms with Gasteiger partial charge in [-0.15, -0.1) is 0 Å². The van der Waals surface area contributed by atoms with Crippen LogP contribution in [0, 0.1) is 0 Å². The van der Waals surface area contributed by atoms with Crippen LogP contribution in [0.2, 0.25) is 5.02 Å². The van der Waals surface area contributed by atoms with Crippen LogP contribution in [0.1, 0.15) is 23.6 Å². The number of amides is 1. The van der Waals surface area contributed by atoms with E-state index in [9.17, 15) is 26.4 Å². The summed E-state index contributed by atoms with van der Waals surface area (Å²) in [5.41, 5.74) is -0.889. The zero-order valence-corrected chi connectivity index (χ0v) is 16.8. The van der Waals surface area contributed by atoms with Gasteiger partial charge in [0.05, 0.1) is 17.0 Å². The van der Waals surface area contributed by atoms with Crippen LogP contribution in [0.5, 0.6) is 0 Å². The maximum absolute atomic E-state index is 13.5. The molecule has 29 heavy (non-hydrogen) atoms. The van der Waals surface area contributed by atoms with Gasteiger partial charge in [-0.05, 0) is 24.3 Å². The van der Waals surface area contributed by atoms with Crippen molar-refractivity contribution >= 4 is 38.7 Å². The van der Waals surface area contributed by atoms with Gasteiger partial charge in [0.15, 0.2) is 9.84 Å². The van der Waals surface area contributed by atoms with Crippen molar-refractivity contribution in [1.82, 2.24) is 0 Å². The second-order valence-corrected chi connectivity index (χ2v) is 9.11. The summed E-state index contributed by atoms with van der Waals surface area (Å²) in [6.07, 6.45) is -4.64. The molecule has 154 valence electrons. The molecule has 10 heteroatoms. The molecule has 0 fully saturated rings. The third-order valence-electron chi connectivity index (χ3n) is 4.43. The molecule has 0 spiro atoms. The van der Waals surface area contributed by atoms with Gasteiger partial charge in [0.2, 0.25) is 5.91 Å². The predicted molar refractivity (Wildman–Crippen MR) is 105 cm³/mol. The number of rotatable bonds is 4. The molecule has 0 saturated heterocycles. The number of fused-ring (bicyclic) bond motifs is 1. The van der Waals surface area contributed by atoms with E-state index in [1.54, 1.807) is 0 Å². The number of alkyl halides is 3. The summed E-state index contributed by atoms with van der Waals surface area (Å²) in [6.45, 7) is 0.953. The first kappa shape index (κ1) is 21.3. The van der Waals surface area contributed by atoms with Crippen LogP contribution < -0.4 is 4.90 Å². The Morgan fingerprint density at radius 2 is 1.83 bits per heavy atom. The number of benzene rings is 2. The monoisotopic (exact) mass is 444 g/mol. The van der Waals surface area contributed by atoms with E-state index in [1.165, 1.54) is 43.3 Å². The molecular weight excluding hydrogens is 429 g/mol. The molecule has 3 rings (SSSR count). The van der Waals surface area contributed by atoms with E-state index in [1.807, 2.05) is 0 Å². The molecule has 0 unspecified atom stereocenters. The van der Waals surface area contributed by atoms with E-state index in [2.05, 4.69) is 4.99 Å². The summed E-state index contributed by atoms with van der Waals surface area (Å²) in [4.78, 5) is 17.7. The number of anilines is 1. The average Bonchev–Trinajstić information content (AvgIpc) is 2.78. The van der Waals surface area contributed by atoms with E-state index in [0.717, 1.165) is 11.0 Å². The van der Waals surface area contributed by atoms with Crippen molar-refractivity contribution in [2.24, 2.45) is 4.99 Å². The summed E-state index contributed by atoms with van der Waals surface area (Å²) in [6, 6.07) is 9.11. The maximum atomic E-state index is 13.5. The first-order chi connectivity index (χ1) is 13.5. The number of hydrogen-bond donors (Lipinski definition) is 0. The Labute approximate surface area is 170 Å². The Balaban J connectivity index is 2.24. The third-order valence-corrected chi connectivity index (χ3v) is 6.20. The van der Waals surface area contributed by atoms with E-state index in [0.29, 0.717) is 0 Å². The summed E-state index contributed by atoms with van der Waals surface area (Å²) in [5, 5.41) is 0.216. The number of carbonyl (C=O) groups excluding carboxylic acids is 1. The molecule has 1 aliphatic heterocycles. The minimum atomic E-state index is -4.64. The van der Waals surface area contributed by atoms with Crippen molar-refractivity contribution in [2.45, 2.75) is 13.1 Å². The standard InChI is InChI=1S/C19H16ClF3N2O3S/c1-2-29(27,28)11-25-16-8-7-12(20)9-14(16)18(24-10-17(25)26)13-5-3-4-6-15(13)19(21,22)23/h3-9H,2,10-11H2,1H3. The maximum Gasteiger partial charge on any atom is 0.417 e. The largest absolute Gasteiger partial charge is 0.417 e. The van der Waals surface area contributed by atoms with Crippen molar-refractivity contribution in [3.8, 4) is 0 Å². The fourth-order valence-corrected chi connectivity index (χ4v) is 4.01. The first-order valence-corrected chi connectivity index (χ1v) is 10.7. The van der Waals surface area contributed by atoms with Crippen LogP contribution in [0.15, 0.2) is 47.5 Å². The van der Waals surface area contributed by atoms with Gasteiger partial charge in [-0.2, -0.15) is 13.2 Å². The summed E-state index contributed by atoms with van der Waals surface area (Å²) < 4.78 is 64.9. The molecule has 0 N–H and O–H groups in total. The smallest absolute Gasteiger partial charge is 0.295 e. The molecule has 0 aliphatic carbocycles. The van der Waals surface area contributed by atoms with Gasteiger partial charge in [0, 0.05) is 21.9 Å². The number of carbonyl (C=O) groups is 1. The van der Waals surface area contributed by atoms with Gasteiger partial charge >= 0.3 is 6.18 Å². The van der Waals surface area contributed by atoms with Gasteiger partial charge in [-0.1, -0.05) is 36.7 Å². The van der Waals surface area contributed by atoms with Crippen LogP contribution in [-0.2, 0) is 20.8 Å². The van der Waals surface area contributed by atoms with Gasteiger partial charge < -0.3 is 0 Å². The zero-order chi connectivity index (χ0) is 21.4. The lowest BCUT2D eigenvalue weighted by Crippen LogP contribution is -2.37. The Kier molecular flexibility index (Phi) is 5.73. The van der Waals surface area contributed by atoms with Crippen LogP contribution in [0.25, 0.3) is 0 Å². The number of benzodiazepines with no additional fused rings is 1. The van der Waals surface area contributed by atoms with Crippen LogP contribution in [-0.4, -0.2) is 38.2 Å². The van der Waals surface area contributed by atoms with Crippen molar-refractivity contribution in [3.05, 3.63) is 64.2 Å². The second kappa shape index (κ2) is 7.79. The summed E-state index contributed by atoms with van der Waals surface area (Å²) in [5.74, 6) is -1.42. The molecule has 0 atom stereocenters. The van der Waals surface area contributed by atoms with Crippen molar-refractivity contribution < 1.29 is 26.4 Å². The summed E-state index contributed by atoms with van der Waals surface area (Å²) in [7, 11) is -3.59. The number of nitrogens with zero attached hydrogens (tertiary/aromatic N) is 2. The molecule has 1 amide bonds. The Morgan fingerprint density at radius 1 is 1.14 bits per heavy atom. The zero-order valence-electron chi connectivity index (χ0n) is 15.2. The SMILES string of the molecule is CCS(=O)(=O)CN1C(=O)CN=C(c2ccccc2C(F)(F)F)c2cc(Cl)ccc21. The first-order valence-electron chi connectivity index (χ1n) is 8.55. The molecule has 2 aromatic rings. The molecule has 5 nitrogen and oxygen atoms in total. The van der Waals surface area contributed by atoms with Gasteiger partial charge in [-0.3, -0.25) is 14.7 Å². The highest BCUT2D eigenvalue weighted by atomic mass is 35.5. The van der Waals surface area contributed by atoms with E-state index in [-0.39, 0.29) is 33.3 Å². The Hall–Kier alpha value is -2.39. The molecule has 0 saturated carbocycles. The molecule has 1 aliphatic rings. The second-order valence-electron chi connectivity index (χ2n) is 6.35. The van der Waals surface area contributed by atoms with Crippen molar-refractivity contribution in [3.63, 3.8) is 0 Å². The van der Waals surface area contributed by atoms with Crippen LogP contribution >= 0.6 is 11.6 Å². The lowest BCUT2D eigenvalue weighted by Gasteiger charge is -2.23. The third kappa shape index (κ3) is 4.45. The van der Waals surface area contributed by atoms with E-state index < -0.39 is 39.9 Å². The topological polar surface area (TPSA) is 66.8 Å². The normalized spacial score (nSPS) is 15.0. The van der Waals surface area contributed by atoms with Gasteiger partial charge in [-0.25, -0.2) is 8.42 Å². The number of aliphatic imine (C=N–C) groups is 1. The van der Waals surface area contributed by atoms with Crippen LogP contribution in [0.3, 0.4) is 0 Å². The lowest BCUT2D eigenvalue weighted by atomic mass is 9.96. The number of sulfone groups is 1. The highest BCUT2D eigenvalue weighted by Gasteiger charge is 2.36. The fourth-order valence-electron chi connectivity index (χ4n) is 2.98. The highest BCUT2D eigenvalue weighted by molar-refractivity contribution is 7.91. The average molecular weight is 445 g/mol. The summed E-state index contributed by atoms with van der Waals surface area (Å²) >= 11 is 6.06. The van der Waals surface area contributed by atoms with Crippen molar-refractivity contribution in [2.75, 3.05) is 23.1 Å². The molecular formula is C19H16ClF3N2O3S.